The van der Waals surface area contributed by atoms with Gasteiger partial charge in [-0.2, -0.15) is 5.10 Å². The van der Waals surface area contributed by atoms with Gasteiger partial charge >= 0.3 is 0 Å². The second-order valence-electron chi connectivity index (χ2n) is 6.00. The highest BCUT2D eigenvalue weighted by molar-refractivity contribution is 6.06. The molecule has 0 aliphatic rings. The van der Waals surface area contributed by atoms with Crippen molar-refractivity contribution in [3.63, 3.8) is 0 Å². The van der Waals surface area contributed by atoms with Crippen LogP contribution in [0.25, 0.3) is 21.8 Å². The summed E-state index contributed by atoms with van der Waals surface area (Å²) in [5, 5.41) is 9.28. The molecule has 2 aromatic heterocycles. The van der Waals surface area contributed by atoms with Crippen molar-refractivity contribution in [3.05, 3.63) is 66.5 Å². The zero-order valence-electron chi connectivity index (χ0n) is 14.3. The Morgan fingerprint density at radius 1 is 1.15 bits per heavy atom. The average molecular weight is 346 g/mol. The van der Waals surface area contributed by atoms with E-state index >= 15 is 0 Å². The van der Waals surface area contributed by atoms with Crippen molar-refractivity contribution in [3.8, 4) is 0 Å². The van der Waals surface area contributed by atoms with E-state index < -0.39 is 0 Å². The van der Waals surface area contributed by atoms with E-state index in [9.17, 15) is 4.79 Å². The van der Waals surface area contributed by atoms with Crippen molar-refractivity contribution in [1.29, 1.82) is 0 Å². The fraction of sp³-hybridized carbons (Fsp3) is 0.150. The van der Waals surface area contributed by atoms with Gasteiger partial charge < -0.3 is 10.1 Å². The van der Waals surface area contributed by atoms with E-state index in [1.807, 2.05) is 53.3 Å². The van der Waals surface area contributed by atoms with Crippen LogP contribution in [0.2, 0.25) is 0 Å². The summed E-state index contributed by atoms with van der Waals surface area (Å²) in [5.41, 5.74) is 3.15. The first-order valence-corrected chi connectivity index (χ1v) is 8.35. The molecule has 0 fully saturated rings. The van der Waals surface area contributed by atoms with Gasteiger partial charge in [-0.1, -0.05) is 6.07 Å². The third-order valence-electron chi connectivity index (χ3n) is 4.27. The molecule has 4 rings (SSSR count). The third-order valence-corrected chi connectivity index (χ3v) is 4.27. The summed E-state index contributed by atoms with van der Waals surface area (Å²) in [6.45, 7) is 1.24. The molecule has 0 radical (unpaired) electrons. The van der Waals surface area contributed by atoms with Gasteiger partial charge in [-0.15, -0.1) is 0 Å². The first-order valence-electron chi connectivity index (χ1n) is 8.35. The summed E-state index contributed by atoms with van der Waals surface area (Å²) in [7, 11) is 1.66. The summed E-state index contributed by atoms with van der Waals surface area (Å²) < 4.78 is 6.99. The molecule has 1 amide bonds. The molecule has 1 N–H and O–H groups in total. The van der Waals surface area contributed by atoms with Crippen molar-refractivity contribution >= 4 is 33.4 Å². The summed E-state index contributed by atoms with van der Waals surface area (Å²) in [6.07, 6.45) is 3.55. The van der Waals surface area contributed by atoms with Gasteiger partial charge in [0.05, 0.1) is 30.4 Å². The van der Waals surface area contributed by atoms with Crippen molar-refractivity contribution in [2.75, 3.05) is 19.0 Å². The van der Waals surface area contributed by atoms with E-state index in [0.29, 0.717) is 18.7 Å². The summed E-state index contributed by atoms with van der Waals surface area (Å²) in [4.78, 5) is 16.9. The van der Waals surface area contributed by atoms with Gasteiger partial charge in [-0.25, -0.2) is 0 Å². The fourth-order valence-corrected chi connectivity index (χ4v) is 2.92. The molecule has 6 nitrogen and oxygen atoms in total. The number of amides is 1. The lowest BCUT2D eigenvalue weighted by Crippen LogP contribution is -2.12. The number of aromatic nitrogens is 3. The first kappa shape index (κ1) is 16.2. The molecule has 6 heteroatoms. The maximum absolute atomic E-state index is 12.6. The molecule has 0 bridgehead atoms. The van der Waals surface area contributed by atoms with E-state index in [2.05, 4.69) is 15.4 Å². The van der Waals surface area contributed by atoms with Crippen molar-refractivity contribution in [2.24, 2.45) is 0 Å². The predicted octanol–water partition coefficient (Wildman–Crippen LogP) is 3.48. The lowest BCUT2D eigenvalue weighted by atomic mass is 10.1. The number of hydrogen-bond donors (Lipinski definition) is 1. The molecular formula is C20H18N4O2. The Bertz CT molecular complexity index is 1090. The van der Waals surface area contributed by atoms with Crippen LogP contribution in [0.15, 0.2) is 60.9 Å². The van der Waals surface area contributed by atoms with Crippen LogP contribution >= 0.6 is 0 Å². The number of ether oxygens (including phenoxy) is 1. The number of hydrogen-bond acceptors (Lipinski definition) is 4. The number of carbonyl (C=O) groups excluding carboxylic acids is 1. The van der Waals surface area contributed by atoms with E-state index in [-0.39, 0.29) is 5.91 Å². The number of nitrogens with zero attached hydrogens (tertiary/aromatic N) is 3. The zero-order chi connectivity index (χ0) is 17.9. The molecule has 2 aromatic carbocycles. The molecule has 0 saturated heterocycles. The first-order chi connectivity index (χ1) is 12.7. The maximum Gasteiger partial charge on any atom is 0.255 e. The van der Waals surface area contributed by atoms with E-state index in [1.54, 1.807) is 19.4 Å². The number of methoxy groups -OCH3 is 1. The molecule has 0 atom stereocenters. The molecule has 4 aromatic rings. The number of carbonyl (C=O) groups is 1. The topological polar surface area (TPSA) is 69.0 Å². The highest BCUT2D eigenvalue weighted by atomic mass is 16.5. The van der Waals surface area contributed by atoms with E-state index in [0.717, 1.165) is 27.5 Å². The Hall–Kier alpha value is -3.25. The van der Waals surface area contributed by atoms with Crippen molar-refractivity contribution < 1.29 is 9.53 Å². The lowest BCUT2D eigenvalue weighted by molar-refractivity contribution is 0.102. The van der Waals surface area contributed by atoms with E-state index in [4.69, 9.17) is 4.74 Å². The highest BCUT2D eigenvalue weighted by Crippen LogP contribution is 2.20. The number of benzene rings is 2. The fourth-order valence-electron chi connectivity index (χ4n) is 2.92. The number of anilines is 1. The maximum atomic E-state index is 12.6. The zero-order valence-corrected chi connectivity index (χ0v) is 14.3. The normalized spacial score (nSPS) is 11.1. The molecule has 0 aliphatic carbocycles. The largest absolute Gasteiger partial charge is 0.383 e. The summed E-state index contributed by atoms with van der Waals surface area (Å²) >= 11 is 0. The quantitative estimate of drug-likeness (QED) is 0.601. The molecule has 2 heterocycles. The number of fused-ring (bicyclic) bond motifs is 2. The van der Waals surface area contributed by atoms with Crippen LogP contribution < -0.4 is 5.32 Å². The van der Waals surface area contributed by atoms with Crippen LogP contribution in [0.3, 0.4) is 0 Å². The van der Waals surface area contributed by atoms with Gasteiger partial charge in [0.15, 0.2) is 0 Å². The highest BCUT2D eigenvalue weighted by Gasteiger charge is 2.09. The molecule has 26 heavy (non-hydrogen) atoms. The Kier molecular flexibility index (Phi) is 4.33. The molecule has 0 spiro atoms. The van der Waals surface area contributed by atoms with Gasteiger partial charge in [0.2, 0.25) is 0 Å². The monoisotopic (exact) mass is 346 g/mol. The van der Waals surface area contributed by atoms with Crippen LogP contribution in [0, 0.1) is 0 Å². The minimum atomic E-state index is -0.155. The van der Waals surface area contributed by atoms with Gasteiger partial charge in [0.1, 0.15) is 0 Å². The second kappa shape index (κ2) is 6.93. The van der Waals surface area contributed by atoms with Gasteiger partial charge in [0.25, 0.3) is 5.91 Å². The predicted molar refractivity (Wildman–Crippen MR) is 101 cm³/mol. The molecule has 0 aliphatic heterocycles. The van der Waals surface area contributed by atoms with Crippen LogP contribution in [0.5, 0.6) is 0 Å². The van der Waals surface area contributed by atoms with Crippen molar-refractivity contribution in [2.45, 2.75) is 6.54 Å². The molecular weight excluding hydrogens is 328 g/mol. The summed E-state index contributed by atoms with van der Waals surface area (Å²) in [5.74, 6) is -0.155. The lowest BCUT2D eigenvalue weighted by Gasteiger charge is -2.08. The minimum absolute atomic E-state index is 0.155. The minimum Gasteiger partial charge on any atom is -0.383 e. The number of nitrogens with one attached hydrogen (secondary N) is 1. The molecule has 0 unspecified atom stereocenters. The van der Waals surface area contributed by atoms with Gasteiger partial charge in [-0.05, 0) is 42.5 Å². The van der Waals surface area contributed by atoms with Crippen LogP contribution in [0.4, 0.5) is 5.69 Å². The van der Waals surface area contributed by atoms with E-state index in [1.165, 1.54) is 0 Å². The Morgan fingerprint density at radius 3 is 2.96 bits per heavy atom. The average Bonchev–Trinajstić information content (AvgIpc) is 3.08. The van der Waals surface area contributed by atoms with Crippen molar-refractivity contribution in [1.82, 2.24) is 14.8 Å². The molecule has 0 saturated carbocycles. The standard InChI is InChI=1S/C20H18N4O2/c1-26-10-9-24-19-12-17(6-4-16(19)13-22-24)23-20(25)15-5-7-18-14(11-15)3-2-8-21-18/h2-8,11-13H,9-10H2,1H3,(H,23,25). The SMILES string of the molecule is COCCn1ncc2ccc(NC(=O)c3ccc4ncccc4c3)cc21. The van der Waals surface area contributed by atoms with Gasteiger partial charge in [0, 0.05) is 35.3 Å². The third kappa shape index (κ3) is 3.14. The van der Waals surface area contributed by atoms with Crippen LogP contribution in [-0.4, -0.2) is 34.4 Å². The number of rotatable bonds is 5. The smallest absolute Gasteiger partial charge is 0.255 e. The van der Waals surface area contributed by atoms with Crippen LogP contribution in [-0.2, 0) is 11.3 Å². The number of pyridine rings is 1. The van der Waals surface area contributed by atoms with Crippen LogP contribution in [0.1, 0.15) is 10.4 Å². The Balaban J connectivity index is 1.59. The Labute approximate surface area is 150 Å². The summed E-state index contributed by atoms with van der Waals surface area (Å²) in [6, 6.07) is 15.0. The second-order valence-corrected chi connectivity index (χ2v) is 6.00. The van der Waals surface area contributed by atoms with Gasteiger partial charge in [-0.3, -0.25) is 14.5 Å². The Morgan fingerprint density at radius 2 is 2.08 bits per heavy atom. The molecule has 130 valence electrons.